The molecule has 1 aliphatic rings. The minimum atomic E-state index is 0.894. The van der Waals surface area contributed by atoms with Crippen molar-refractivity contribution in [3.63, 3.8) is 0 Å². The van der Waals surface area contributed by atoms with Crippen molar-refractivity contribution in [3.8, 4) is 0 Å². The van der Waals surface area contributed by atoms with Crippen LogP contribution >= 0.6 is 27.3 Å². The molecule has 0 atom stereocenters. The average Bonchev–Trinajstić information content (AvgIpc) is 2.65. The fraction of sp³-hybridized carbons (Fsp3) is 0.636. The zero-order chi connectivity index (χ0) is 9.97. The SMILES string of the molecule is Cc1sccc1N1CCC(CBr)CC1. The van der Waals surface area contributed by atoms with Gasteiger partial charge in [0.25, 0.3) is 0 Å². The third-order valence-corrected chi connectivity index (χ3v) is 4.76. The van der Waals surface area contributed by atoms with Crippen molar-refractivity contribution >= 4 is 33.0 Å². The lowest BCUT2D eigenvalue weighted by Gasteiger charge is -2.32. The molecule has 0 aromatic carbocycles. The van der Waals surface area contributed by atoms with Crippen LogP contribution in [0.2, 0.25) is 0 Å². The van der Waals surface area contributed by atoms with Gasteiger partial charge in [-0.2, -0.15) is 0 Å². The lowest BCUT2D eigenvalue weighted by atomic mass is 9.99. The second-order valence-electron chi connectivity index (χ2n) is 3.95. The van der Waals surface area contributed by atoms with Gasteiger partial charge in [0, 0.05) is 23.3 Å². The Labute approximate surface area is 98.2 Å². The van der Waals surface area contributed by atoms with Gasteiger partial charge in [0.2, 0.25) is 0 Å². The predicted molar refractivity (Wildman–Crippen MR) is 67.8 cm³/mol. The molecule has 0 radical (unpaired) electrons. The molecule has 1 saturated heterocycles. The molecule has 0 aliphatic carbocycles. The predicted octanol–water partition coefficient (Wildman–Crippen LogP) is 3.67. The molecule has 2 heterocycles. The Hall–Kier alpha value is -0.0200. The fourth-order valence-electron chi connectivity index (χ4n) is 2.03. The van der Waals surface area contributed by atoms with E-state index in [0.29, 0.717) is 0 Å². The molecule has 2 rings (SSSR count). The Balaban J connectivity index is 1.99. The van der Waals surface area contributed by atoms with Crippen LogP contribution in [0.3, 0.4) is 0 Å². The van der Waals surface area contributed by atoms with E-state index in [2.05, 4.69) is 39.2 Å². The molecule has 0 amide bonds. The summed E-state index contributed by atoms with van der Waals surface area (Å²) < 4.78 is 0. The van der Waals surface area contributed by atoms with Gasteiger partial charge < -0.3 is 4.90 Å². The molecule has 1 nitrogen and oxygen atoms in total. The van der Waals surface area contributed by atoms with Crippen LogP contribution in [0.25, 0.3) is 0 Å². The van der Waals surface area contributed by atoms with Gasteiger partial charge in [-0.05, 0) is 37.1 Å². The van der Waals surface area contributed by atoms with Gasteiger partial charge in [-0.15, -0.1) is 11.3 Å². The third-order valence-electron chi connectivity index (χ3n) is 3.00. The summed E-state index contributed by atoms with van der Waals surface area (Å²) in [5.41, 5.74) is 1.46. The van der Waals surface area contributed by atoms with E-state index in [1.807, 2.05) is 11.3 Å². The lowest BCUT2D eigenvalue weighted by molar-refractivity contribution is 0.447. The van der Waals surface area contributed by atoms with Crippen molar-refractivity contribution in [1.82, 2.24) is 0 Å². The molecule has 1 aliphatic heterocycles. The highest BCUT2D eigenvalue weighted by Gasteiger charge is 2.19. The normalized spacial score (nSPS) is 18.9. The summed E-state index contributed by atoms with van der Waals surface area (Å²) in [4.78, 5) is 3.99. The van der Waals surface area contributed by atoms with Crippen LogP contribution in [0.1, 0.15) is 17.7 Å². The fourth-order valence-corrected chi connectivity index (χ4v) is 3.40. The van der Waals surface area contributed by atoms with E-state index >= 15 is 0 Å². The van der Waals surface area contributed by atoms with Crippen LogP contribution in [0.5, 0.6) is 0 Å². The first-order valence-corrected chi connectivity index (χ1v) is 7.16. The molecular weight excluding hydrogens is 258 g/mol. The highest BCUT2D eigenvalue weighted by atomic mass is 79.9. The minimum Gasteiger partial charge on any atom is -0.371 e. The Kier molecular flexibility index (Phi) is 3.50. The topological polar surface area (TPSA) is 3.24 Å². The van der Waals surface area contributed by atoms with Gasteiger partial charge in [0.05, 0.1) is 5.69 Å². The Morgan fingerprint density at radius 3 is 2.71 bits per heavy atom. The first-order chi connectivity index (χ1) is 6.81. The number of hydrogen-bond acceptors (Lipinski definition) is 2. The highest BCUT2D eigenvalue weighted by Crippen LogP contribution is 2.29. The zero-order valence-corrected chi connectivity index (χ0v) is 10.9. The summed E-state index contributed by atoms with van der Waals surface area (Å²) in [5.74, 6) is 0.894. The van der Waals surface area contributed by atoms with E-state index in [1.165, 1.54) is 41.8 Å². The lowest BCUT2D eigenvalue weighted by Crippen LogP contribution is -2.34. The number of alkyl halides is 1. The molecule has 1 aromatic heterocycles. The number of piperidine rings is 1. The van der Waals surface area contributed by atoms with Crippen LogP contribution in [-0.2, 0) is 0 Å². The summed E-state index contributed by atoms with van der Waals surface area (Å²) >= 11 is 5.43. The number of nitrogens with zero attached hydrogens (tertiary/aromatic N) is 1. The summed E-state index contributed by atoms with van der Waals surface area (Å²) in [6.07, 6.45) is 2.67. The van der Waals surface area contributed by atoms with Gasteiger partial charge >= 0.3 is 0 Å². The highest BCUT2D eigenvalue weighted by molar-refractivity contribution is 9.09. The quantitative estimate of drug-likeness (QED) is 0.744. The van der Waals surface area contributed by atoms with Gasteiger partial charge in [-0.25, -0.2) is 0 Å². The van der Waals surface area contributed by atoms with Gasteiger partial charge in [0.1, 0.15) is 0 Å². The van der Waals surface area contributed by atoms with Crippen molar-refractivity contribution < 1.29 is 0 Å². The van der Waals surface area contributed by atoms with Crippen molar-refractivity contribution in [2.75, 3.05) is 23.3 Å². The van der Waals surface area contributed by atoms with Crippen molar-refractivity contribution in [1.29, 1.82) is 0 Å². The Morgan fingerprint density at radius 2 is 2.21 bits per heavy atom. The third kappa shape index (κ3) is 2.14. The van der Waals surface area contributed by atoms with Crippen LogP contribution in [0.15, 0.2) is 11.4 Å². The van der Waals surface area contributed by atoms with Crippen molar-refractivity contribution in [2.24, 2.45) is 5.92 Å². The van der Waals surface area contributed by atoms with Crippen LogP contribution in [-0.4, -0.2) is 18.4 Å². The second-order valence-corrected chi connectivity index (χ2v) is 5.71. The zero-order valence-electron chi connectivity index (χ0n) is 8.50. The largest absolute Gasteiger partial charge is 0.371 e. The van der Waals surface area contributed by atoms with E-state index in [4.69, 9.17) is 0 Å². The standard InChI is InChI=1S/C11H16BrNS/c1-9-11(4-7-14-9)13-5-2-10(8-12)3-6-13/h4,7,10H,2-3,5-6,8H2,1H3. The number of hydrogen-bond donors (Lipinski definition) is 0. The van der Waals surface area contributed by atoms with E-state index in [9.17, 15) is 0 Å². The first-order valence-electron chi connectivity index (χ1n) is 5.16. The average molecular weight is 274 g/mol. The molecule has 0 bridgehead atoms. The molecular formula is C11H16BrNS. The number of halogens is 1. The van der Waals surface area contributed by atoms with E-state index in [1.54, 1.807) is 0 Å². The van der Waals surface area contributed by atoms with Crippen LogP contribution < -0.4 is 4.90 Å². The monoisotopic (exact) mass is 273 g/mol. The summed E-state index contributed by atoms with van der Waals surface area (Å²) in [5, 5.41) is 3.37. The van der Waals surface area contributed by atoms with Gasteiger partial charge in [-0.1, -0.05) is 15.9 Å². The number of rotatable bonds is 2. The van der Waals surface area contributed by atoms with E-state index in [0.717, 1.165) is 5.92 Å². The van der Waals surface area contributed by atoms with Crippen molar-refractivity contribution in [3.05, 3.63) is 16.3 Å². The molecule has 0 unspecified atom stereocenters. The molecule has 0 saturated carbocycles. The summed E-state index contributed by atoms with van der Waals surface area (Å²) in [6, 6.07) is 2.26. The van der Waals surface area contributed by atoms with Gasteiger partial charge in [0.15, 0.2) is 0 Å². The minimum absolute atomic E-state index is 0.894. The molecule has 1 fully saturated rings. The maximum absolute atomic E-state index is 3.58. The molecule has 1 aromatic rings. The molecule has 14 heavy (non-hydrogen) atoms. The van der Waals surface area contributed by atoms with Crippen molar-refractivity contribution in [2.45, 2.75) is 19.8 Å². The summed E-state index contributed by atoms with van der Waals surface area (Å²) in [7, 11) is 0. The first kappa shape index (κ1) is 10.5. The molecule has 3 heteroatoms. The number of anilines is 1. The second kappa shape index (κ2) is 4.67. The number of aryl methyl sites for hydroxylation is 1. The molecule has 0 spiro atoms. The van der Waals surface area contributed by atoms with E-state index < -0.39 is 0 Å². The maximum atomic E-state index is 3.58. The van der Waals surface area contributed by atoms with E-state index in [-0.39, 0.29) is 0 Å². The Morgan fingerprint density at radius 1 is 1.50 bits per heavy atom. The maximum Gasteiger partial charge on any atom is 0.0504 e. The van der Waals surface area contributed by atoms with Gasteiger partial charge in [-0.3, -0.25) is 0 Å². The smallest absolute Gasteiger partial charge is 0.0504 e. The van der Waals surface area contributed by atoms with Crippen LogP contribution in [0, 0.1) is 12.8 Å². The molecule has 78 valence electrons. The molecule has 0 N–H and O–H groups in total. The Bertz CT molecular complexity index is 289. The summed E-state index contributed by atoms with van der Waals surface area (Å²) in [6.45, 7) is 4.68. The van der Waals surface area contributed by atoms with Crippen LogP contribution in [0.4, 0.5) is 5.69 Å². The number of thiophene rings is 1.